The highest BCUT2D eigenvalue weighted by molar-refractivity contribution is 6.05. The molecule has 0 saturated carbocycles. The maximum Gasteiger partial charge on any atom is 0.250 e. The van der Waals surface area contributed by atoms with E-state index in [2.05, 4.69) is 16.5 Å². The second-order valence-electron chi connectivity index (χ2n) is 4.39. The SMILES string of the molecule is Cc1c2cccc(C(N)=O)c2nn1C1=CCNC1. The Labute approximate surface area is 104 Å². The number of rotatable bonds is 2. The third-order valence-electron chi connectivity index (χ3n) is 3.27. The number of nitrogens with one attached hydrogen (secondary N) is 1. The van der Waals surface area contributed by atoms with Crippen LogP contribution in [0, 0.1) is 6.92 Å². The van der Waals surface area contributed by atoms with Gasteiger partial charge in [0, 0.05) is 24.2 Å². The van der Waals surface area contributed by atoms with E-state index >= 15 is 0 Å². The minimum atomic E-state index is -0.441. The zero-order valence-electron chi connectivity index (χ0n) is 10.1. The lowest BCUT2D eigenvalue weighted by Crippen LogP contribution is -2.12. The van der Waals surface area contributed by atoms with Gasteiger partial charge in [-0.2, -0.15) is 5.10 Å². The Bertz CT molecular complexity index is 669. The zero-order chi connectivity index (χ0) is 12.7. The summed E-state index contributed by atoms with van der Waals surface area (Å²) in [4.78, 5) is 11.4. The lowest BCUT2D eigenvalue weighted by molar-refractivity contribution is 0.100. The third kappa shape index (κ3) is 1.52. The van der Waals surface area contributed by atoms with Crippen molar-refractivity contribution in [2.45, 2.75) is 6.92 Å². The van der Waals surface area contributed by atoms with Crippen molar-refractivity contribution < 1.29 is 4.79 Å². The summed E-state index contributed by atoms with van der Waals surface area (Å²) in [7, 11) is 0. The van der Waals surface area contributed by atoms with E-state index in [1.54, 1.807) is 6.07 Å². The van der Waals surface area contributed by atoms with E-state index in [1.807, 2.05) is 23.7 Å². The van der Waals surface area contributed by atoms with Crippen molar-refractivity contribution in [1.82, 2.24) is 15.1 Å². The van der Waals surface area contributed by atoms with Gasteiger partial charge in [0.15, 0.2) is 0 Å². The second-order valence-corrected chi connectivity index (χ2v) is 4.39. The Hall–Kier alpha value is -2.14. The first-order valence-corrected chi connectivity index (χ1v) is 5.87. The van der Waals surface area contributed by atoms with Crippen molar-refractivity contribution in [2.75, 3.05) is 13.1 Å². The second kappa shape index (κ2) is 3.96. The molecule has 0 aliphatic carbocycles. The van der Waals surface area contributed by atoms with E-state index in [0.717, 1.165) is 29.9 Å². The molecule has 0 unspecified atom stereocenters. The maximum atomic E-state index is 11.4. The Balaban J connectivity index is 2.27. The molecule has 0 spiro atoms. The van der Waals surface area contributed by atoms with Gasteiger partial charge in [0.05, 0.1) is 11.3 Å². The number of carbonyl (C=O) groups excluding carboxylic acids is 1. The molecular weight excluding hydrogens is 228 g/mol. The largest absolute Gasteiger partial charge is 0.366 e. The van der Waals surface area contributed by atoms with Crippen LogP contribution in [0.3, 0.4) is 0 Å². The van der Waals surface area contributed by atoms with Gasteiger partial charge in [-0.25, -0.2) is 4.68 Å². The van der Waals surface area contributed by atoms with Crippen LogP contribution >= 0.6 is 0 Å². The highest BCUT2D eigenvalue weighted by Gasteiger charge is 2.16. The van der Waals surface area contributed by atoms with E-state index in [-0.39, 0.29) is 0 Å². The van der Waals surface area contributed by atoms with Gasteiger partial charge in [-0.15, -0.1) is 0 Å². The fourth-order valence-electron chi connectivity index (χ4n) is 2.33. The number of aryl methyl sites for hydroxylation is 1. The van der Waals surface area contributed by atoms with Crippen LogP contribution < -0.4 is 11.1 Å². The van der Waals surface area contributed by atoms with Crippen LogP contribution in [-0.2, 0) is 0 Å². The molecule has 2 heterocycles. The van der Waals surface area contributed by atoms with Gasteiger partial charge in [-0.1, -0.05) is 12.1 Å². The van der Waals surface area contributed by atoms with Gasteiger partial charge in [0.1, 0.15) is 5.52 Å². The van der Waals surface area contributed by atoms with Gasteiger partial charge in [0.2, 0.25) is 0 Å². The quantitative estimate of drug-likeness (QED) is 0.821. The van der Waals surface area contributed by atoms with E-state index in [4.69, 9.17) is 5.73 Å². The fraction of sp³-hybridized carbons (Fsp3) is 0.231. The summed E-state index contributed by atoms with van der Waals surface area (Å²) in [6.45, 7) is 3.65. The number of carbonyl (C=O) groups is 1. The normalized spacial score (nSPS) is 15.1. The molecule has 1 aromatic carbocycles. The van der Waals surface area contributed by atoms with Crippen molar-refractivity contribution in [3.8, 4) is 0 Å². The first kappa shape index (κ1) is 11.0. The number of amides is 1. The van der Waals surface area contributed by atoms with Gasteiger partial charge < -0.3 is 11.1 Å². The number of primary amides is 1. The van der Waals surface area contributed by atoms with E-state index in [9.17, 15) is 4.79 Å². The molecule has 3 rings (SSSR count). The van der Waals surface area contributed by atoms with Crippen LogP contribution in [0.2, 0.25) is 0 Å². The molecule has 1 aliphatic heterocycles. The summed E-state index contributed by atoms with van der Waals surface area (Å²) in [5, 5.41) is 8.73. The fourth-order valence-corrected chi connectivity index (χ4v) is 2.33. The summed E-state index contributed by atoms with van der Waals surface area (Å²) >= 11 is 0. The summed E-state index contributed by atoms with van der Waals surface area (Å²) in [5.41, 5.74) is 8.67. The molecule has 0 radical (unpaired) electrons. The molecule has 3 N–H and O–H groups in total. The average molecular weight is 242 g/mol. The van der Waals surface area contributed by atoms with Crippen molar-refractivity contribution in [2.24, 2.45) is 5.73 Å². The van der Waals surface area contributed by atoms with Crippen molar-refractivity contribution in [3.63, 3.8) is 0 Å². The molecule has 5 nitrogen and oxygen atoms in total. The number of nitrogens with two attached hydrogens (primary N) is 1. The molecule has 1 aliphatic rings. The van der Waals surface area contributed by atoms with Crippen LogP contribution in [0.4, 0.5) is 0 Å². The minimum Gasteiger partial charge on any atom is -0.366 e. The minimum absolute atomic E-state index is 0.441. The first-order valence-electron chi connectivity index (χ1n) is 5.87. The molecule has 1 aromatic heterocycles. The summed E-state index contributed by atoms with van der Waals surface area (Å²) in [6.07, 6.45) is 2.10. The van der Waals surface area contributed by atoms with Crippen LogP contribution in [0.15, 0.2) is 24.3 Å². The number of aromatic nitrogens is 2. The monoisotopic (exact) mass is 242 g/mol. The molecular formula is C13H14N4O. The molecule has 0 saturated heterocycles. The van der Waals surface area contributed by atoms with Crippen LogP contribution in [0.5, 0.6) is 0 Å². The molecule has 92 valence electrons. The van der Waals surface area contributed by atoms with E-state index in [1.165, 1.54) is 0 Å². The molecule has 0 atom stereocenters. The number of benzene rings is 1. The Morgan fingerprint density at radius 3 is 3.00 bits per heavy atom. The van der Waals surface area contributed by atoms with Gasteiger partial charge in [-0.3, -0.25) is 4.79 Å². The summed E-state index contributed by atoms with van der Waals surface area (Å²) < 4.78 is 1.89. The van der Waals surface area contributed by atoms with Crippen molar-refractivity contribution in [3.05, 3.63) is 35.5 Å². The van der Waals surface area contributed by atoms with Gasteiger partial charge >= 0.3 is 0 Å². The predicted molar refractivity (Wildman–Crippen MR) is 70.1 cm³/mol. The zero-order valence-corrected chi connectivity index (χ0v) is 10.1. The lowest BCUT2D eigenvalue weighted by atomic mass is 10.1. The first-order chi connectivity index (χ1) is 8.68. The predicted octanol–water partition coefficient (Wildman–Crippen LogP) is 0.888. The lowest BCUT2D eigenvalue weighted by Gasteiger charge is -2.03. The van der Waals surface area contributed by atoms with Crippen LogP contribution in [0.1, 0.15) is 16.1 Å². The maximum absolute atomic E-state index is 11.4. The van der Waals surface area contributed by atoms with Crippen molar-refractivity contribution in [1.29, 1.82) is 0 Å². The Morgan fingerprint density at radius 1 is 1.50 bits per heavy atom. The van der Waals surface area contributed by atoms with E-state index in [0.29, 0.717) is 11.1 Å². The Kier molecular flexibility index (Phi) is 2.41. The van der Waals surface area contributed by atoms with Crippen molar-refractivity contribution >= 4 is 22.5 Å². The topological polar surface area (TPSA) is 72.9 Å². The molecule has 0 fully saturated rings. The number of hydrogen-bond acceptors (Lipinski definition) is 3. The van der Waals surface area contributed by atoms with Gasteiger partial charge in [0.25, 0.3) is 5.91 Å². The number of fused-ring (bicyclic) bond motifs is 1. The average Bonchev–Trinajstić information content (AvgIpc) is 2.97. The highest BCUT2D eigenvalue weighted by atomic mass is 16.1. The smallest absolute Gasteiger partial charge is 0.250 e. The molecule has 1 amide bonds. The third-order valence-corrected chi connectivity index (χ3v) is 3.27. The molecule has 2 aromatic rings. The highest BCUT2D eigenvalue weighted by Crippen LogP contribution is 2.23. The van der Waals surface area contributed by atoms with Crippen LogP contribution in [0.25, 0.3) is 16.6 Å². The van der Waals surface area contributed by atoms with Crippen LogP contribution in [-0.4, -0.2) is 28.8 Å². The number of nitrogens with zero attached hydrogens (tertiary/aromatic N) is 2. The standard InChI is InChI=1S/C13H14N4O/c1-8-10-3-2-4-11(13(14)18)12(10)16-17(8)9-5-6-15-7-9/h2-5,15H,6-7H2,1H3,(H2,14,18). The molecule has 0 bridgehead atoms. The van der Waals surface area contributed by atoms with E-state index < -0.39 is 5.91 Å². The summed E-state index contributed by atoms with van der Waals surface area (Å²) in [5.74, 6) is -0.441. The molecule has 5 heteroatoms. The summed E-state index contributed by atoms with van der Waals surface area (Å²) in [6, 6.07) is 5.51. The Morgan fingerprint density at radius 2 is 2.33 bits per heavy atom. The number of hydrogen-bond donors (Lipinski definition) is 2. The van der Waals surface area contributed by atoms with Gasteiger partial charge in [-0.05, 0) is 19.1 Å². The molecule has 18 heavy (non-hydrogen) atoms.